The van der Waals surface area contributed by atoms with Crippen molar-refractivity contribution in [2.24, 2.45) is 4.99 Å². The molecule has 0 saturated heterocycles. The molecule has 4 aromatic rings. The van der Waals surface area contributed by atoms with Crippen molar-refractivity contribution in [3.63, 3.8) is 0 Å². The SMILES string of the molecule is COc1cccc([C@@H]2OC(c3ccc(OCCCO)cc3)=N[C@]2(Cc2ccc(Br)cc2)C(=O)NNCc2ccccc2)c1. The van der Waals surface area contributed by atoms with Crippen molar-refractivity contribution >= 4 is 27.7 Å². The number of ether oxygens (including phenoxy) is 3. The van der Waals surface area contributed by atoms with Crippen LogP contribution in [0.4, 0.5) is 0 Å². The Morgan fingerprint density at radius 3 is 2.44 bits per heavy atom. The van der Waals surface area contributed by atoms with Crippen LogP contribution in [0, 0.1) is 0 Å². The van der Waals surface area contributed by atoms with Crippen molar-refractivity contribution in [1.29, 1.82) is 0 Å². The Morgan fingerprint density at radius 2 is 1.72 bits per heavy atom. The summed E-state index contributed by atoms with van der Waals surface area (Å²) in [4.78, 5) is 19.4. The summed E-state index contributed by atoms with van der Waals surface area (Å²) < 4.78 is 18.7. The average molecular weight is 645 g/mol. The molecule has 0 saturated carbocycles. The fourth-order valence-electron chi connectivity index (χ4n) is 4.93. The van der Waals surface area contributed by atoms with E-state index in [1.165, 1.54) is 0 Å². The fraction of sp³-hybridized carbons (Fsp3) is 0.235. The van der Waals surface area contributed by atoms with Crippen LogP contribution in [-0.4, -0.2) is 42.8 Å². The lowest BCUT2D eigenvalue weighted by Crippen LogP contribution is -2.53. The van der Waals surface area contributed by atoms with E-state index < -0.39 is 11.6 Å². The molecule has 4 aromatic carbocycles. The van der Waals surface area contributed by atoms with Crippen LogP contribution in [0.2, 0.25) is 0 Å². The third-order valence-electron chi connectivity index (χ3n) is 7.15. The number of rotatable bonds is 13. The second kappa shape index (κ2) is 14.3. The molecular weight excluding hydrogens is 610 g/mol. The third kappa shape index (κ3) is 7.43. The summed E-state index contributed by atoms with van der Waals surface area (Å²) >= 11 is 3.51. The smallest absolute Gasteiger partial charge is 0.266 e. The number of benzene rings is 4. The van der Waals surface area contributed by atoms with Gasteiger partial charge < -0.3 is 19.3 Å². The van der Waals surface area contributed by atoms with Gasteiger partial charge in [-0.05, 0) is 65.2 Å². The Bertz CT molecular complexity index is 1530. The highest BCUT2D eigenvalue weighted by Gasteiger charge is 2.53. The van der Waals surface area contributed by atoms with E-state index in [1.807, 2.05) is 103 Å². The Morgan fingerprint density at radius 1 is 0.953 bits per heavy atom. The second-order valence-electron chi connectivity index (χ2n) is 10.2. The topological polar surface area (TPSA) is 101 Å². The zero-order valence-electron chi connectivity index (χ0n) is 23.8. The van der Waals surface area contributed by atoms with Gasteiger partial charge in [-0.2, -0.15) is 0 Å². The lowest BCUT2D eigenvalue weighted by atomic mass is 9.82. The molecule has 3 N–H and O–H groups in total. The van der Waals surface area contributed by atoms with Gasteiger partial charge in [0.15, 0.2) is 11.6 Å². The summed E-state index contributed by atoms with van der Waals surface area (Å²) in [6.45, 7) is 0.925. The molecule has 0 bridgehead atoms. The van der Waals surface area contributed by atoms with E-state index in [1.54, 1.807) is 7.11 Å². The molecular formula is C34H34BrN3O5. The summed E-state index contributed by atoms with van der Waals surface area (Å²) in [7, 11) is 1.61. The van der Waals surface area contributed by atoms with Gasteiger partial charge in [0, 0.05) is 36.0 Å². The summed E-state index contributed by atoms with van der Waals surface area (Å²) in [6, 6.07) is 32.6. The predicted molar refractivity (Wildman–Crippen MR) is 169 cm³/mol. The number of aliphatic hydroxyl groups is 1. The number of aliphatic imine (C=N–C) groups is 1. The molecule has 9 heteroatoms. The van der Waals surface area contributed by atoms with E-state index in [2.05, 4.69) is 26.8 Å². The molecule has 1 amide bonds. The van der Waals surface area contributed by atoms with Gasteiger partial charge in [0.25, 0.3) is 5.91 Å². The lowest BCUT2D eigenvalue weighted by Gasteiger charge is -2.31. The largest absolute Gasteiger partial charge is 0.497 e. The van der Waals surface area contributed by atoms with Crippen LogP contribution in [0.3, 0.4) is 0 Å². The molecule has 0 aliphatic carbocycles. The monoisotopic (exact) mass is 643 g/mol. The Hall–Kier alpha value is -4.18. The van der Waals surface area contributed by atoms with Gasteiger partial charge in [-0.3, -0.25) is 10.2 Å². The lowest BCUT2D eigenvalue weighted by molar-refractivity contribution is -0.130. The van der Waals surface area contributed by atoms with Crippen molar-refractivity contribution < 1.29 is 24.1 Å². The molecule has 1 heterocycles. The number of amides is 1. The van der Waals surface area contributed by atoms with Crippen molar-refractivity contribution in [1.82, 2.24) is 10.9 Å². The standard InChI is InChI=1S/C34H34BrN3O5/c1-41-30-10-5-9-27(21-30)31-34(22-24-11-15-28(35)16-12-24,33(40)38-36-23-25-7-3-2-4-8-25)37-32(43-31)26-13-17-29(18-14-26)42-20-6-19-39/h2-5,7-18,21,31,36,39H,6,19-20,22-23H2,1H3,(H,38,40)/t31-,34-/m0/s1. The molecule has 5 rings (SSSR count). The summed E-state index contributed by atoms with van der Waals surface area (Å²) in [6.07, 6.45) is 0.0822. The maximum absolute atomic E-state index is 14.3. The first-order valence-electron chi connectivity index (χ1n) is 14.1. The average Bonchev–Trinajstić information content (AvgIpc) is 3.43. The van der Waals surface area contributed by atoms with E-state index in [0.29, 0.717) is 42.5 Å². The van der Waals surface area contributed by atoms with Crippen LogP contribution < -0.4 is 20.3 Å². The fourth-order valence-corrected chi connectivity index (χ4v) is 5.20. The molecule has 43 heavy (non-hydrogen) atoms. The molecule has 1 aliphatic rings. The van der Waals surface area contributed by atoms with Gasteiger partial charge in [0.2, 0.25) is 5.90 Å². The number of halogens is 1. The molecule has 8 nitrogen and oxygen atoms in total. The molecule has 0 radical (unpaired) electrons. The van der Waals surface area contributed by atoms with Crippen molar-refractivity contribution in [2.45, 2.75) is 31.0 Å². The zero-order chi connectivity index (χ0) is 30.1. The highest BCUT2D eigenvalue weighted by atomic mass is 79.9. The maximum atomic E-state index is 14.3. The van der Waals surface area contributed by atoms with Gasteiger partial charge in [-0.25, -0.2) is 10.4 Å². The second-order valence-corrected chi connectivity index (χ2v) is 11.1. The van der Waals surface area contributed by atoms with Crippen LogP contribution in [-0.2, 0) is 22.5 Å². The van der Waals surface area contributed by atoms with E-state index in [-0.39, 0.29) is 18.9 Å². The summed E-state index contributed by atoms with van der Waals surface area (Å²) in [5, 5.41) is 9.05. The van der Waals surface area contributed by atoms with E-state index in [4.69, 9.17) is 24.3 Å². The molecule has 222 valence electrons. The molecule has 0 spiro atoms. The minimum Gasteiger partial charge on any atom is -0.497 e. The molecule has 0 unspecified atom stereocenters. The number of methoxy groups -OCH3 is 1. The number of aliphatic hydroxyl groups excluding tert-OH is 1. The molecule has 1 aliphatic heterocycles. The quantitative estimate of drug-likeness (QED) is 0.131. The molecule has 2 atom stereocenters. The zero-order valence-corrected chi connectivity index (χ0v) is 25.4. The number of nitrogens with zero attached hydrogens (tertiary/aromatic N) is 1. The Balaban J connectivity index is 1.53. The Labute approximate surface area is 259 Å². The van der Waals surface area contributed by atoms with Crippen molar-refractivity contribution in [2.75, 3.05) is 20.3 Å². The first-order chi connectivity index (χ1) is 21.0. The van der Waals surface area contributed by atoms with Crippen molar-refractivity contribution in [3.8, 4) is 11.5 Å². The first kappa shape index (κ1) is 30.3. The number of hydrogen-bond donors (Lipinski definition) is 3. The normalized spacial score (nSPS) is 17.6. The van der Waals surface area contributed by atoms with Crippen LogP contribution in [0.1, 0.15) is 34.8 Å². The van der Waals surface area contributed by atoms with Crippen molar-refractivity contribution in [3.05, 3.63) is 130 Å². The predicted octanol–water partition coefficient (Wildman–Crippen LogP) is 5.54. The highest BCUT2D eigenvalue weighted by molar-refractivity contribution is 9.10. The first-order valence-corrected chi connectivity index (χ1v) is 14.9. The van der Waals surface area contributed by atoms with Crippen LogP contribution >= 0.6 is 15.9 Å². The highest BCUT2D eigenvalue weighted by Crippen LogP contribution is 2.43. The molecule has 0 aromatic heterocycles. The van der Waals surface area contributed by atoms with Gasteiger partial charge in [0.1, 0.15) is 11.5 Å². The minimum absolute atomic E-state index is 0.0666. The third-order valence-corrected chi connectivity index (χ3v) is 7.68. The van der Waals surface area contributed by atoms with Gasteiger partial charge in [0.05, 0.1) is 13.7 Å². The maximum Gasteiger partial charge on any atom is 0.266 e. The van der Waals surface area contributed by atoms with E-state index in [0.717, 1.165) is 21.2 Å². The van der Waals surface area contributed by atoms with E-state index in [9.17, 15) is 4.79 Å². The van der Waals surface area contributed by atoms with Gasteiger partial charge in [-0.15, -0.1) is 0 Å². The van der Waals surface area contributed by atoms with Crippen LogP contribution in [0.25, 0.3) is 0 Å². The molecule has 0 fully saturated rings. The van der Waals surface area contributed by atoms with E-state index >= 15 is 0 Å². The minimum atomic E-state index is -1.35. The number of hydrogen-bond acceptors (Lipinski definition) is 7. The summed E-state index contributed by atoms with van der Waals surface area (Å²) in [5.41, 5.74) is 8.09. The summed E-state index contributed by atoms with van der Waals surface area (Å²) in [5.74, 6) is 1.35. The van der Waals surface area contributed by atoms with Crippen LogP contribution in [0.15, 0.2) is 113 Å². The van der Waals surface area contributed by atoms with Crippen LogP contribution in [0.5, 0.6) is 11.5 Å². The van der Waals surface area contributed by atoms with Gasteiger partial charge >= 0.3 is 0 Å². The van der Waals surface area contributed by atoms with Gasteiger partial charge in [-0.1, -0.05) is 70.5 Å². The number of carbonyl (C=O) groups is 1. The Kier molecular flexibility index (Phi) is 10.1. The number of hydrazine groups is 1. The number of nitrogens with one attached hydrogen (secondary N) is 2. The number of carbonyl (C=O) groups excluding carboxylic acids is 1.